The number of alkyl halides is 2. The van der Waals surface area contributed by atoms with Crippen LogP contribution >= 0.6 is 0 Å². The molecule has 2 N–H and O–H groups in total. The van der Waals surface area contributed by atoms with Gasteiger partial charge in [-0.1, -0.05) is 0 Å². The number of hydrogen-bond acceptors (Lipinski definition) is 1. The molecule has 0 amide bonds. The number of nitrogens with two attached hydrogens (primary N) is 1. The van der Waals surface area contributed by atoms with Crippen LogP contribution in [-0.2, 0) is 0 Å². The molecule has 10 heavy (non-hydrogen) atoms. The van der Waals surface area contributed by atoms with Crippen molar-refractivity contribution >= 4 is 0 Å². The van der Waals surface area contributed by atoms with E-state index in [9.17, 15) is 8.78 Å². The maximum absolute atomic E-state index is 12.5. The van der Waals surface area contributed by atoms with Crippen LogP contribution in [0, 0.1) is 17.8 Å². The second kappa shape index (κ2) is 1.70. The normalized spacial score (nSPS) is 48.9. The van der Waals surface area contributed by atoms with E-state index in [1.165, 1.54) is 0 Å². The zero-order valence-electron chi connectivity index (χ0n) is 5.69. The van der Waals surface area contributed by atoms with E-state index < -0.39 is 5.92 Å². The molecule has 2 fully saturated rings. The van der Waals surface area contributed by atoms with Crippen LogP contribution < -0.4 is 5.73 Å². The molecule has 0 aromatic carbocycles. The molecule has 2 aliphatic carbocycles. The van der Waals surface area contributed by atoms with Gasteiger partial charge in [-0.15, -0.1) is 0 Å². The SMILES string of the molecule is NCC1[C@H]2CC(F)(F)C[C@@H]12. The lowest BCUT2D eigenvalue weighted by Crippen LogP contribution is -2.17. The lowest BCUT2D eigenvalue weighted by Gasteiger charge is -2.11. The van der Waals surface area contributed by atoms with Crippen LogP contribution in [0.15, 0.2) is 0 Å². The molecule has 2 aliphatic rings. The van der Waals surface area contributed by atoms with Crippen molar-refractivity contribution in [3.63, 3.8) is 0 Å². The maximum Gasteiger partial charge on any atom is 0.248 e. The fourth-order valence-corrected chi connectivity index (χ4v) is 2.25. The van der Waals surface area contributed by atoms with Crippen LogP contribution in [-0.4, -0.2) is 12.5 Å². The summed E-state index contributed by atoms with van der Waals surface area (Å²) < 4.78 is 25.0. The molecular weight excluding hydrogens is 136 g/mol. The Hall–Kier alpha value is -0.180. The third kappa shape index (κ3) is 0.764. The Morgan fingerprint density at radius 1 is 1.30 bits per heavy atom. The highest BCUT2D eigenvalue weighted by molar-refractivity contribution is 5.07. The second-order valence-corrected chi connectivity index (χ2v) is 3.49. The number of hydrogen-bond donors (Lipinski definition) is 1. The lowest BCUT2D eigenvalue weighted by atomic mass is 10.1. The van der Waals surface area contributed by atoms with Gasteiger partial charge >= 0.3 is 0 Å². The molecule has 3 atom stereocenters. The third-order valence-electron chi connectivity index (χ3n) is 2.85. The molecule has 0 aromatic rings. The molecule has 1 unspecified atom stereocenters. The lowest BCUT2D eigenvalue weighted by molar-refractivity contribution is -0.00784. The monoisotopic (exact) mass is 147 g/mol. The van der Waals surface area contributed by atoms with Gasteiger partial charge in [0, 0.05) is 12.8 Å². The molecular formula is C7H11F2N. The first-order valence-electron chi connectivity index (χ1n) is 3.72. The molecule has 0 spiro atoms. The van der Waals surface area contributed by atoms with E-state index in [4.69, 9.17) is 5.73 Å². The van der Waals surface area contributed by atoms with E-state index in [1.807, 2.05) is 0 Å². The summed E-state index contributed by atoms with van der Waals surface area (Å²) in [6.45, 7) is 0.603. The Kier molecular flexibility index (Phi) is 1.11. The van der Waals surface area contributed by atoms with Crippen molar-refractivity contribution < 1.29 is 8.78 Å². The van der Waals surface area contributed by atoms with E-state index in [-0.39, 0.29) is 24.7 Å². The fourth-order valence-electron chi connectivity index (χ4n) is 2.25. The van der Waals surface area contributed by atoms with Crippen molar-refractivity contribution in [2.45, 2.75) is 18.8 Å². The van der Waals surface area contributed by atoms with Crippen molar-refractivity contribution in [3.05, 3.63) is 0 Å². The van der Waals surface area contributed by atoms with Gasteiger partial charge in [0.2, 0.25) is 5.92 Å². The van der Waals surface area contributed by atoms with Crippen LogP contribution in [0.2, 0.25) is 0 Å². The average Bonchev–Trinajstić information content (AvgIpc) is 2.30. The summed E-state index contributed by atoms with van der Waals surface area (Å²) in [6.07, 6.45) is 0.194. The number of fused-ring (bicyclic) bond motifs is 1. The van der Waals surface area contributed by atoms with Gasteiger partial charge < -0.3 is 5.73 Å². The minimum atomic E-state index is -2.36. The topological polar surface area (TPSA) is 26.0 Å². The highest BCUT2D eigenvalue weighted by Gasteiger charge is 2.61. The van der Waals surface area contributed by atoms with Crippen LogP contribution in [0.3, 0.4) is 0 Å². The summed E-state index contributed by atoms with van der Waals surface area (Å²) in [5.41, 5.74) is 5.37. The smallest absolute Gasteiger partial charge is 0.248 e. The summed E-state index contributed by atoms with van der Waals surface area (Å²) in [5, 5.41) is 0. The molecule has 0 radical (unpaired) electrons. The van der Waals surface area contributed by atoms with Crippen molar-refractivity contribution in [1.82, 2.24) is 0 Å². The number of halogens is 2. The van der Waals surface area contributed by atoms with Gasteiger partial charge in [-0.3, -0.25) is 0 Å². The maximum atomic E-state index is 12.5. The van der Waals surface area contributed by atoms with Crippen molar-refractivity contribution in [2.24, 2.45) is 23.5 Å². The largest absolute Gasteiger partial charge is 0.330 e. The van der Waals surface area contributed by atoms with E-state index in [2.05, 4.69) is 0 Å². The molecule has 1 nitrogen and oxygen atoms in total. The van der Waals surface area contributed by atoms with E-state index in [0.717, 1.165) is 0 Å². The molecule has 58 valence electrons. The van der Waals surface area contributed by atoms with Crippen molar-refractivity contribution in [1.29, 1.82) is 0 Å². The zero-order valence-corrected chi connectivity index (χ0v) is 5.69. The second-order valence-electron chi connectivity index (χ2n) is 3.49. The van der Waals surface area contributed by atoms with Crippen LogP contribution in [0.1, 0.15) is 12.8 Å². The molecule has 0 bridgehead atoms. The quantitative estimate of drug-likeness (QED) is 0.593. The summed E-state index contributed by atoms with van der Waals surface area (Å²) in [5.74, 6) is -1.40. The van der Waals surface area contributed by atoms with Crippen LogP contribution in [0.4, 0.5) is 8.78 Å². The summed E-state index contributed by atoms with van der Waals surface area (Å²) in [6, 6.07) is 0. The predicted molar refractivity (Wildman–Crippen MR) is 33.7 cm³/mol. The molecule has 0 aliphatic heterocycles. The summed E-state index contributed by atoms with van der Waals surface area (Å²) >= 11 is 0. The van der Waals surface area contributed by atoms with E-state index >= 15 is 0 Å². The van der Waals surface area contributed by atoms with E-state index in [1.54, 1.807) is 0 Å². The van der Waals surface area contributed by atoms with Gasteiger partial charge in [-0.2, -0.15) is 0 Å². The average molecular weight is 147 g/mol. The first-order valence-corrected chi connectivity index (χ1v) is 3.72. The van der Waals surface area contributed by atoms with Crippen LogP contribution in [0.5, 0.6) is 0 Å². The molecule has 2 rings (SSSR count). The number of rotatable bonds is 1. The molecule has 0 saturated heterocycles. The highest BCUT2D eigenvalue weighted by atomic mass is 19.3. The fraction of sp³-hybridized carbons (Fsp3) is 1.00. The minimum absolute atomic E-state index is 0.0968. The summed E-state index contributed by atoms with van der Waals surface area (Å²) in [4.78, 5) is 0. The molecule has 0 aromatic heterocycles. The Morgan fingerprint density at radius 3 is 2.20 bits per heavy atom. The van der Waals surface area contributed by atoms with Crippen LogP contribution in [0.25, 0.3) is 0 Å². The van der Waals surface area contributed by atoms with E-state index in [0.29, 0.717) is 12.5 Å². The predicted octanol–water partition coefficient (Wildman–Crippen LogP) is 1.24. The van der Waals surface area contributed by atoms with Gasteiger partial charge in [0.05, 0.1) is 0 Å². The zero-order chi connectivity index (χ0) is 7.35. The first kappa shape index (κ1) is 6.53. The first-order chi connectivity index (χ1) is 4.64. The van der Waals surface area contributed by atoms with Crippen molar-refractivity contribution in [2.75, 3.05) is 6.54 Å². The summed E-state index contributed by atoms with van der Waals surface area (Å²) in [7, 11) is 0. The van der Waals surface area contributed by atoms with Gasteiger partial charge in [-0.05, 0) is 24.3 Å². The Labute approximate surface area is 58.6 Å². The van der Waals surface area contributed by atoms with Gasteiger partial charge in [0.15, 0.2) is 0 Å². The molecule has 3 heteroatoms. The van der Waals surface area contributed by atoms with Gasteiger partial charge in [0.25, 0.3) is 0 Å². The van der Waals surface area contributed by atoms with Gasteiger partial charge in [-0.25, -0.2) is 8.78 Å². The Balaban J connectivity index is 1.96. The highest BCUT2D eigenvalue weighted by Crippen LogP contribution is 2.61. The Morgan fingerprint density at radius 2 is 1.80 bits per heavy atom. The third-order valence-corrected chi connectivity index (χ3v) is 2.85. The minimum Gasteiger partial charge on any atom is -0.330 e. The van der Waals surface area contributed by atoms with Gasteiger partial charge in [0.1, 0.15) is 0 Å². The Bertz CT molecular complexity index is 144. The van der Waals surface area contributed by atoms with Crippen molar-refractivity contribution in [3.8, 4) is 0 Å². The molecule has 0 heterocycles. The molecule has 2 saturated carbocycles. The standard InChI is InChI=1S/C7H11F2N/c8-7(9)1-4-5(2-7)6(4)3-10/h4-6H,1-3,10H2/t4-,5+,6?.